The first-order valence-electron chi connectivity index (χ1n) is 8.59. The Labute approximate surface area is 161 Å². The van der Waals surface area contributed by atoms with Crippen LogP contribution in [0.4, 0.5) is 4.39 Å². The Hall–Kier alpha value is -1.92. The Bertz CT molecular complexity index is 758. The first kappa shape index (κ1) is 18.9. The number of benzene rings is 1. The molecule has 1 saturated carbocycles. The van der Waals surface area contributed by atoms with E-state index in [9.17, 15) is 14.0 Å². The molecule has 3 rings (SSSR count). The summed E-state index contributed by atoms with van der Waals surface area (Å²) in [5.74, 6) is -0.550. The molecule has 1 heterocycles. The second kappa shape index (κ2) is 8.64. The van der Waals surface area contributed by atoms with E-state index in [1.807, 2.05) is 5.38 Å². The van der Waals surface area contributed by atoms with E-state index < -0.39 is 0 Å². The van der Waals surface area contributed by atoms with E-state index in [1.165, 1.54) is 17.4 Å². The third-order valence-electron chi connectivity index (χ3n) is 4.33. The monoisotopic (exact) mass is 394 g/mol. The van der Waals surface area contributed by atoms with Gasteiger partial charge in [0.05, 0.1) is 6.54 Å². The van der Waals surface area contributed by atoms with Crippen molar-refractivity contribution in [3.05, 3.63) is 57.0 Å². The molecular formula is C19H20ClFN2O2S. The molecule has 1 aromatic heterocycles. The van der Waals surface area contributed by atoms with Crippen LogP contribution in [0.5, 0.6) is 0 Å². The number of carbonyl (C=O) groups is 2. The van der Waals surface area contributed by atoms with Gasteiger partial charge in [-0.05, 0) is 42.8 Å². The zero-order valence-corrected chi connectivity index (χ0v) is 15.8. The predicted molar refractivity (Wildman–Crippen MR) is 101 cm³/mol. The number of carbonyl (C=O) groups excluding carboxylic acids is 2. The van der Waals surface area contributed by atoms with Crippen LogP contribution < -0.4 is 5.32 Å². The first-order chi connectivity index (χ1) is 12.6. The molecule has 0 atom stereocenters. The molecule has 1 N–H and O–H groups in total. The number of halogens is 2. The zero-order chi connectivity index (χ0) is 18.5. The fraction of sp³-hybridized carbons (Fsp3) is 0.368. The summed E-state index contributed by atoms with van der Waals surface area (Å²) >= 11 is 7.56. The fourth-order valence-corrected chi connectivity index (χ4v) is 3.60. The van der Waals surface area contributed by atoms with Gasteiger partial charge in [0.15, 0.2) is 0 Å². The molecule has 2 amide bonds. The Morgan fingerprint density at radius 2 is 2.12 bits per heavy atom. The highest BCUT2D eigenvalue weighted by atomic mass is 35.5. The maximum atomic E-state index is 14.0. The van der Waals surface area contributed by atoms with E-state index in [-0.39, 0.29) is 30.2 Å². The van der Waals surface area contributed by atoms with Gasteiger partial charge in [-0.25, -0.2) is 4.39 Å². The van der Waals surface area contributed by atoms with Crippen molar-refractivity contribution in [2.45, 2.75) is 38.3 Å². The van der Waals surface area contributed by atoms with Crippen LogP contribution in [0.15, 0.2) is 35.0 Å². The molecule has 0 bridgehead atoms. The molecule has 1 fully saturated rings. The minimum atomic E-state index is -0.390. The van der Waals surface area contributed by atoms with E-state index in [0.717, 1.165) is 12.8 Å². The van der Waals surface area contributed by atoms with Crippen molar-refractivity contribution in [3.8, 4) is 0 Å². The fourth-order valence-electron chi connectivity index (χ4n) is 2.74. The number of amides is 2. The van der Waals surface area contributed by atoms with Crippen LogP contribution in [0.3, 0.4) is 0 Å². The third-order valence-corrected chi connectivity index (χ3v) is 5.37. The highest BCUT2D eigenvalue weighted by Gasteiger charge is 2.33. The summed E-state index contributed by atoms with van der Waals surface area (Å²) in [5.41, 5.74) is 0.996. The normalized spacial score (nSPS) is 13.5. The van der Waals surface area contributed by atoms with E-state index >= 15 is 0 Å². The molecule has 138 valence electrons. The summed E-state index contributed by atoms with van der Waals surface area (Å²) < 4.78 is 14.0. The molecule has 0 spiro atoms. The third kappa shape index (κ3) is 4.83. The summed E-state index contributed by atoms with van der Waals surface area (Å²) in [6.45, 7) is 0.621. The van der Waals surface area contributed by atoms with Crippen LogP contribution in [-0.4, -0.2) is 29.3 Å². The molecule has 1 aliphatic carbocycles. The van der Waals surface area contributed by atoms with Gasteiger partial charge in [-0.15, -0.1) is 0 Å². The SMILES string of the molecule is O=C(NCCCC(=O)N(Cc1c(F)cccc1Cl)C1CC1)c1ccsc1. The van der Waals surface area contributed by atoms with Crippen LogP contribution in [0.2, 0.25) is 5.02 Å². The number of thiophene rings is 1. The highest BCUT2D eigenvalue weighted by Crippen LogP contribution is 2.31. The summed E-state index contributed by atoms with van der Waals surface area (Å²) in [7, 11) is 0. The minimum absolute atomic E-state index is 0.0309. The molecule has 0 unspecified atom stereocenters. The smallest absolute Gasteiger partial charge is 0.252 e. The number of hydrogen-bond donors (Lipinski definition) is 1. The van der Waals surface area contributed by atoms with Gasteiger partial charge < -0.3 is 10.2 Å². The number of hydrogen-bond acceptors (Lipinski definition) is 3. The lowest BCUT2D eigenvalue weighted by molar-refractivity contribution is -0.132. The van der Waals surface area contributed by atoms with Crippen LogP contribution in [0.25, 0.3) is 0 Å². The van der Waals surface area contributed by atoms with Crippen molar-refractivity contribution in [3.63, 3.8) is 0 Å². The standard InChI is InChI=1S/C19H20ClFN2O2S/c20-16-3-1-4-17(21)15(16)11-23(14-6-7-14)18(24)5-2-9-22-19(25)13-8-10-26-12-13/h1,3-4,8,10,12,14H,2,5-7,9,11H2,(H,22,25). The summed E-state index contributed by atoms with van der Waals surface area (Å²) in [6, 6.07) is 6.48. The van der Waals surface area contributed by atoms with Crippen LogP contribution >= 0.6 is 22.9 Å². The lowest BCUT2D eigenvalue weighted by Gasteiger charge is -2.23. The maximum absolute atomic E-state index is 14.0. The van der Waals surface area contributed by atoms with E-state index in [1.54, 1.807) is 28.5 Å². The molecule has 2 aromatic rings. The molecule has 4 nitrogen and oxygen atoms in total. The van der Waals surface area contributed by atoms with Gasteiger partial charge in [-0.1, -0.05) is 17.7 Å². The largest absolute Gasteiger partial charge is 0.352 e. The predicted octanol–water partition coefficient (Wildman–Crippen LogP) is 4.24. The van der Waals surface area contributed by atoms with Crippen LogP contribution in [0.1, 0.15) is 41.6 Å². The molecule has 1 aliphatic rings. The summed E-state index contributed by atoms with van der Waals surface area (Å²) in [4.78, 5) is 26.2. The van der Waals surface area contributed by atoms with Crippen molar-refractivity contribution in [2.75, 3.05) is 6.54 Å². The molecule has 1 aromatic carbocycles. The lowest BCUT2D eigenvalue weighted by Crippen LogP contribution is -2.33. The molecule has 0 radical (unpaired) electrons. The van der Waals surface area contributed by atoms with Crippen molar-refractivity contribution in [1.29, 1.82) is 0 Å². The Balaban J connectivity index is 1.50. The van der Waals surface area contributed by atoms with Crippen molar-refractivity contribution in [1.82, 2.24) is 10.2 Å². The van der Waals surface area contributed by atoms with E-state index in [0.29, 0.717) is 35.5 Å². The number of rotatable bonds is 8. The van der Waals surface area contributed by atoms with Gasteiger partial charge in [0.25, 0.3) is 5.91 Å². The number of nitrogens with one attached hydrogen (secondary N) is 1. The van der Waals surface area contributed by atoms with Crippen molar-refractivity contribution >= 4 is 34.8 Å². The Kier molecular flexibility index (Phi) is 6.27. The lowest BCUT2D eigenvalue weighted by atomic mass is 10.1. The van der Waals surface area contributed by atoms with E-state index in [2.05, 4.69) is 5.32 Å². The van der Waals surface area contributed by atoms with Crippen molar-refractivity contribution < 1.29 is 14.0 Å². The van der Waals surface area contributed by atoms with Crippen LogP contribution in [0, 0.1) is 5.82 Å². The van der Waals surface area contributed by atoms with Crippen LogP contribution in [-0.2, 0) is 11.3 Å². The molecule has 0 aliphatic heterocycles. The zero-order valence-electron chi connectivity index (χ0n) is 14.2. The topological polar surface area (TPSA) is 49.4 Å². The Morgan fingerprint density at radius 3 is 2.77 bits per heavy atom. The number of nitrogens with zero attached hydrogens (tertiary/aromatic N) is 1. The quantitative estimate of drug-likeness (QED) is 0.681. The second-order valence-electron chi connectivity index (χ2n) is 6.32. The summed E-state index contributed by atoms with van der Waals surface area (Å²) in [6.07, 6.45) is 2.73. The second-order valence-corrected chi connectivity index (χ2v) is 7.51. The summed E-state index contributed by atoms with van der Waals surface area (Å²) in [5, 5.41) is 6.78. The molecule has 26 heavy (non-hydrogen) atoms. The molecule has 7 heteroatoms. The first-order valence-corrected chi connectivity index (χ1v) is 9.91. The van der Waals surface area contributed by atoms with Gasteiger partial charge in [-0.2, -0.15) is 11.3 Å². The van der Waals surface area contributed by atoms with Gasteiger partial charge in [0.2, 0.25) is 5.91 Å². The molecular weight excluding hydrogens is 375 g/mol. The molecule has 0 saturated heterocycles. The van der Waals surface area contributed by atoms with Gasteiger partial charge in [0.1, 0.15) is 5.82 Å². The van der Waals surface area contributed by atoms with Gasteiger partial charge >= 0.3 is 0 Å². The highest BCUT2D eigenvalue weighted by molar-refractivity contribution is 7.08. The average Bonchev–Trinajstić information content (AvgIpc) is 3.30. The average molecular weight is 395 g/mol. The minimum Gasteiger partial charge on any atom is -0.352 e. The van der Waals surface area contributed by atoms with Gasteiger partial charge in [0, 0.05) is 40.5 Å². The van der Waals surface area contributed by atoms with Gasteiger partial charge in [-0.3, -0.25) is 9.59 Å². The van der Waals surface area contributed by atoms with E-state index in [4.69, 9.17) is 11.6 Å². The Morgan fingerprint density at radius 1 is 1.31 bits per heavy atom. The maximum Gasteiger partial charge on any atom is 0.252 e. The van der Waals surface area contributed by atoms with Crippen molar-refractivity contribution in [2.24, 2.45) is 0 Å².